The van der Waals surface area contributed by atoms with Crippen molar-refractivity contribution in [3.05, 3.63) is 34.3 Å². The van der Waals surface area contributed by atoms with Gasteiger partial charge in [-0.3, -0.25) is 9.69 Å². The maximum Gasteiger partial charge on any atom is 0.322 e. The molecule has 2 atom stereocenters. The van der Waals surface area contributed by atoms with Crippen molar-refractivity contribution in [3.8, 4) is 0 Å². The monoisotopic (exact) mass is 280 g/mol. The fraction of sp³-hybridized carbons (Fsp3) is 0.500. The molecule has 2 N–H and O–H groups in total. The lowest BCUT2D eigenvalue weighted by Crippen LogP contribution is -2.55. The first-order chi connectivity index (χ1) is 9.16. The van der Waals surface area contributed by atoms with Gasteiger partial charge in [-0.25, -0.2) is 0 Å². The molecule has 1 saturated heterocycles. The van der Waals surface area contributed by atoms with E-state index in [9.17, 15) is 9.90 Å². The largest absolute Gasteiger partial charge is 0.480 e. The number of hydrogen-bond acceptors (Lipinski definition) is 3. The molecule has 3 rings (SSSR count). The minimum atomic E-state index is -0.741. The molecule has 1 aromatic rings. The van der Waals surface area contributed by atoms with Gasteiger partial charge in [-0.2, -0.15) is 0 Å². The van der Waals surface area contributed by atoms with Crippen LogP contribution in [0, 0.1) is 0 Å². The molecule has 1 aliphatic heterocycles. The van der Waals surface area contributed by atoms with Crippen LogP contribution in [0.2, 0.25) is 5.02 Å². The number of piperazine rings is 1. The number of carbonyl (C=O) groups is 1. The molecule has 0 aromatic heterocycles. The lowest BCUT2D eigenvalue weighted by atomic mass is 10.0. The summed E-state index contributed by atoms with van der Waals surface area (Å²) in [7, 11) is 0. The second-order valence-corrected chi connectivity index (χ2v) is 5.63. The molecule has 1 aliphatic carbocycles. The molecule has 0 amide bonds. The van der Waals surface area contributed by atoms with E-state index in [2.05, 4.69) is 16.3 Å². The van der Waals surface area contributed by atoms with Gasteiger partial charge < -0.3 is 10.4 Å². The van der Waals surface area contributed by atoms with Crippen molar-refractivity contribution < 1.29 is 9.90 Å². The number of fused-ring (bicyclic) bond motifs is 1. The number of carboxylic acid groups (broad SMARTS) is 1. The minimum absolute atomic E-state index is 0.218. The fourth-order valence-electron chi connectivity index (χ4n) is 3.23. The first-order valence-electron chi connectivity index (χ1n) is 6.64. The molecule has 0 saturated carbocycles. The highest BCUT2D eigenvalue weighted by molar-refractivity contribution is 6.30. The topological polar surface area (TPSA) is 52.6 Å². The molecule has 0 spiro atoms. The standard InChI is InChI=1S/C14H17ClN2O2/c15-10-2-3-11-9(7-10)1-4-12(11)17-6-5-16-8-13(17)14(18)19/h2-3,7,12-13,16H,1,4-6,8H2,(H,18,19). The van der Waals surface area contributed by atoms with Crippen molar-refractivity contribution in [3.63, 3.8) is 0 Å². The zero-order valence-electron chi connectivity index (χ0n) is 10.6. The van der Waals surface area contributed by atoms with E-state index in [0.717, 1.165) is 31.0 Å². The molecular formula is C14H17ClN2O2. The van der Waals surface area contributed by atoms with Gasteiger partial charge in [0.05, 0.1) is 0 Å². The Morgan fingerprint density at radius 3 is 3.11 bits per heavy atom. The summed E-state index contributed by atoms with van der Waals surface area (Å²) in [6.45, 7) is 2.15. The zero-order chi connectivity index (χ0) is 13.4. The van der Waals surface area contributed by atoms with E-state index in [0.29, 0.717) is 6.54 Å². The van der Waals surface area contributed by atoms with Gasteiger partial charge in [0.2, 0.25) is 0 Å². The number of carboxylic acids is 1. The number of nitrogens with one attached hydrogen (secondary N) is 1. The third-order valence-electron chi connectivity index (χ3n) is 4.12. The molecule has 19 heavy (non-hydrogen) atoms. The third kappa shape index (κ3) is 2.36. The first kappa shape index (κ1) is 12.9. The maximum atomic E-state index is 11.4. The number of halogens is 1. The Labute approximate surface area is 117 Å². The highest BCUT2D eigenvalue weighted by Crippen LogP contribution is 2.38. The zero-order valence-corrected chi connectivity index (χ0v) is 11.4. The Hall–Kier alpha value is -1.10. The van der Waals surface area contributed by atoms with Crippen LogP contribution in [0.4, 0.5) is 0 Å². The number of aryl methyl sites for hydroxylation is 1. The summed E-state index contributed by atoms with van der Waals surface area (Å²) in [5, 5.41) is 13.3. The number of nitrogens with zero attached hydrogens (tertiary/aromatic N) is 1. The highest BCUT2D eigenvalue weighted by Gasteiger charge is 2.36. The average Bonchev–Trinajstić information content (AvgIpc) is 2.81. The SMILES string of the molecule is O=C(O)C1CNCCN1C1CCc2cc(Cl)ccc21. The summed E-state index contributed by atoms with van der Waals surface area (Å²) in [6.07, 6.45) is 1.97. The summed E-state index contributed by atoms with van der Waals surface area (Å²) in [5.41, 5.74) is 2.51. The second-order valence-electron chi connectivity index (χ2n) is 5.19. The van der Waals surface area contributed by atoms with Crippen molar-refractivity contribution >= 4 is 17.6 Å². The van der Waals surface area contributed by atoms with Crippen LogP contribution >= 0.6 is 11.6 Å². The van der Waals surface area contributed by atoms with E-state index >= 15 is 0 Å². The van der Waals surface area contributed by atoms with Crippen LogP contribution in [0.25, 0.3) is 0 Å². The summed E-state index contributed by atoms with van der Waals surface area (Å²) in [5.74, 6) is -0.741. The quantitative estimate of drug-likeness (QED) is 0.866. The summed E-state index contributed by atoms with van der Waals surface area (Å²) >= 11 is 6.02. The van der Waals surface area contributed by atoms with Crippen molar-refractivity contribution in [2.24, 2.45) is 0 Å². The average molecular weight is 281 g/mol. The van der Waals surface area contributed by atoms with Gasteiger partial charge in [0, 0.05) is 30.7 Å². The van der Waals surface area contributed by atoms with Crippen molar-refractivity contribution in [1.82, 2.24) is 10.2 Å². The Balaban J connectivity index is 1.89. The lowest BCUT2D eigenvalue weighted by molar-refractivity contribution is -0.145. The summed E-state index contributed by atoms with van der Waals surface area (Å²) in [4.78, 5) is 13.5. The maximum absolute atomic E-state index is 11.4. The Morgan fingerprint density at radius 1 is 1.47 bits per heavy atom. The normalized spacial score (nSPS) is 27.2. The second kappa shape index (κ2) is 5.12. The van der Waals surface area contributed by atoms with Gasteiger partial charge in [-0.05, 0) is 36.1 Å². The van der Waals surface area contributed by atoms with Crippen molar-refractivity contribution in [2.75, 3.05) is 19.6 Å². The van der Waals surface area contributed by atoms with Crippen LogP contribution in [0.1, 0.15) is 23.6 Å². The van der Waals surface area contributed by atoms with E-state index in [1.165, 1.54) is 11.1 Å². The van der Waals surface area contributed by atoms with Crippen LogP contribution in [0.3, 0.4) is 0 Å². The van der Waals surface area contributed by atoms with Gasteiger partial charge in [-0.15, -0.1) is 0 Å². The van der Waals surface area contributed by atoms with Gasteiger partial charge >= 0.3 is 5.97 Å². The van der Waals surface area contributed by atoms with Crippen LogP contribution in [-0.4, -0.2) is 41.7 Å². The van der Waals surface area contributed by atoms with Crippen molar-refractivity contribution in [2.45, 2.75) is 24.9 Å². The van der Waals surface area contributed by atoms with Crippen LogP contribution in [0.5, 0.6) is 0 Å². The van der Waals surface area contributed by atoms with Crippen LogP contribution < -0.4 is 5.32 Å². The fourth-order valence-corrected chi connectivity index (χ4v) is 3.43. The van der Waals surface area contributed by atoms with Crippen LogP contribution in [-0.2, 0) is 11.2 Å². The number of rotatable bonds is 2. The van der Waals surface area contributed by atoms with E-state index in [-0.39, 0.29) is 6.04 Å². The van der Waals surface area contributed by atoms with E-state index in [1.54, 1.807) is 0 Å². The number of aliphatic carboxylic acids is 1. The Kier molecular flexibility index (Phi) is 3.48. The third-order valence-corrected chi connectivity index (χ3v) is 4.36. The summed E-state index contributed by atoms with van der Waals surface area (Å²) < 4.78 is 0. The van der Waals surface area contributed by atoms with Gasteiger partial charge in [0.25, 0.3) is 0 Å². The minimum Gasteiger partial charge on any atom is -0.480 e. The first-order valence-corrected chi connectivity index (χ1v) is 7.02. The highest BCUT2D eigenvalue weighted by atomic mass is 35.5. The molecule has 4 nitrogen and oxygen atoms in total. The Morgan fingerprint density at radius 2 is 2.32 bits per heavy atom. The molecule has 1 aromatic carbocycles. The number of benzene rings is 1. The lowest BCUT2D eigenvalue weighted by Gasteiger charge is -2.38. The Bertz CT molecular complexity index is 506. The van der Waals surface area contributed by atoms with Gasteiger partial charge in [-0.1, -0.05) is 17.7 Å². The molecule has 2 unspecified atom stereocenters. The molecular weight excluding hydrogens is 264 g/mol. The van der Waals surface area contributed by atoms with Gasteiger partial charge in [0.15, 0.2) is 0 Å². The van der Waals surface area contributed by atoms with Crippen molar-refractivity contribution in [1.29, 1.82) is 0 Å². The smallest absolute Gasteiger partial charge is 0.322 e. The molecule has 1 heterocycles. The molecule has 0 radical (unpaired) electrons. The van der Waals surface area contributed by atoms with E-state index in [4.69, 9.17) is 11.6 Å². The van der Waals surface area contributed by atoms with Crippen LogP contribution in [0.15, 0.2) is 18.2 Å². The molecule has 2 aliphatic rings. The van der Waals surface area contributed by atoms with Gasteiger partial charge in [0.1, 0.15) is 6.04 Å². The predicted molar refractivity (Wildman–Crippen MR) is 73.5 cm³/mol. The molecule has 5 heteroatoms. The predicted octanol–water partition coefficient (Wildman–Crippen LogP) is 1.69. The molecule has 0 bridgehead atoms. The van der Waals surface area contributed by atoms with E-state index < -0.39 is 12.0 Å². The molecule has 1 fully saturated rings. The summed E-state index contributed by atoms with van der Waals surface area (Å²) in [6, 6.07) is 5.75. The number of hydrogen-bond donors (Lipinski definition) is 2. The van der Waals surface area contributed by atoms with E-state index in [1.807, 2.05) is 12.1 Å². The molecule has 102 valence electrons.